The van der Waals surface area contributed by atoms with Crippen molar-refractivity contribution in [1.82, 2.24) is 0 Å². The summed E-state index contributed by atoms with van der Waals surface area (Å²) in [7, 11) is 0. The van der Waals surface area contributed by atoms with Crippen LogP contribution in [-0.2, 0) is 10.9 Å². The molecule has 0 bridgehead atoms. The molecule has 0 saturated carbocycles. The van der Waals surface area contributed by atoms with Gasteiger partial charge in [0.1, 0.15) is 0 Å². The molecule has 0 unspecified atom stereocenters. The molecule has 1 N–H and O–H groups in total. The highest BCUT2D eigenvalue weighted by Gasteiger charge is 2.68. The van der Waals surface area contributed by atoms with Gasteiger partial charge in [-0.25, -0.2) is 0 Å². The minimum Gasteiger partial charge on any atom is -0.392 e. The van der Waals surface area contributed by atoms with Crippen LogP contribution in [-0.4, -0.2) is 17.6 Å². The zero-order valence-corrected chi connectivity index (χ0v) is 16.7. The zero-order chi connectivity index (χ0) is 16.7. The van der Waals surface area contributed by atoms with E-state index in [2.05, 4.69) is 0 Å². The molecule has 0 saturated heterocycles. The minimum atomic E-state index is -2.33. The lowest BCUT2D eigenvalue weighted by Gasteiger charge is -2.44. The van der Waals surface area contributed by atoms with Gasteiger partial charge in [0, 0.05) is 0 Å². The summed E-state index contributed by atoms with van der Waals surface area (Å²) in [6.45, 7) is -0.159. The van der Waals surface area contributed by atoms with Crippen molar-refractivity contribution in [2.24, 2.45) is 0 Å². The average Bonchev–Trinajstić information content (AvgIpc) is 2.37. The van der Waals surface area contributed by atoms with E-state index in [0.29, 0.717) is 5.56 Å². The minimum absolute atomic E-state index is 0.159. The maximum Gasteiger partial charge on any atom is 0.226 e. The third kappa shape index (κ3) is 3.90. The van der Waals surface area contributed by atoms with E-state index in [4.69, 9.17) is 110 Å². The summed E-state index contributed by atoms with van der Waals surface area (Å²) in [5, 5.41) is 9.01. The van der Waals surface area contributed by atoms with Crippen LogP contribution in [0.25, 0.3) is 0 Å². The number of hydrogen-bond donors (Lipinski definition) is 1. The van der Waals surface area contributed by atoms with Crippen LogP contribution < -0.4 is 0 Å². The highest BCUT2D eigenvalue weighted by molar-refractivity contribution is 6.80. The molecule has 0 atom stereocenters. The van der Waals surface area contributed by atoms with Crippen molar-refractivity contribution in [2.75, 3.05) is 0 Å². The Morgan fingerprint density at radius 2 is 1.14 bits per heavy atom. The largest absolute Gasteiger partial charge is 0.392 e. The van der Waals surface area contributed by atoms with Crippen LogP contribution in [0.3, 0.4) is 0 Å². The lowest BCUT2D eigenvalue weighted by molar-refractivity contribution is 0.282. The lowest BCUT2D eigenvalue weighted by atomic mass is 10.0. The van der Waals surface area contributed by atoms with Crippen LogP contribution in [0.5, 0.6) is 0 Å². The van der Waals surface area contributed by atoms with Gasteiger partial charge in [0.25, 0.3) is 0 Å². The molecule has 0 amide bonds. The molecule has 10 heteroatoms. The van der Waals surface area contributed by atoms with E-state index in [1.165, 1.54) is 12.1 Å². The van der Waals surface area contributed by atoms with E-state index in [0.717, 1.165) is 0 Å². The van der Waals surface area contributed by atoms with Crippen molar-refractivity contribution in [3.8, 4) is 0 Å². The molecule has 1 aromatic rings. The van der Waals surface area contributed by atoms with Gasteiger partial charge in [0.05, 0.1) is 6.61 Å². The van der Waals surface area contributed by atoms with Crippen molar-refractivity contribution in [3.05, 3.63) is 35.4 Å². The SMILES string of the molecule is OCc1ccc(C(Cl)(Cl)C(Cl)(Cl)C(Cl)(Cl)C(Cl)(Cl)Cl)cc1. The Balaban J connectivity index is 3.32. The van der Waals surface area contributed by atoms with Gasteiger partial charge >= 0.3 is 0 Å². The molecule has 1 aromatic carbocycles. The Labute approximate surface area is 167 Å². The summed E-state index contributed by atoms with van der Waals surface area (Å²) in [6, 6.07) is 6.12. The smallest absolute Gasteiger partial charge is 0.226 e. The van der Waals surface area contributed by atoms with Crippen molar-refractivity contribution < 1.29 is 5.11 Å². The van der Waals surface area contributed by atoms with Gasteiger partial charge in [-0.3, -0.25) is 0 Å². The van der Waals surface area contributed by atoms with Crippen LogP contribution >= 0.6 is 104 Å². The molecule has 0 fully saturated rings. The fourth-order valence-corrected chi connectivity index (χ4v) is 3.61. The highest BCUT2D eigenvalue weighted by Crippen LogP contribution is 2.65. The van der Waals surface area contributed by atoms with Crippen molar-refractivity contribution in [2.45, 2.75) is 23.4 Å². The number of benzene rings is 1. The maximum absolute atomic E-state index is 9.01. The summed E-state index contributed by atoms with van der Waals surface area (Å²) in [6.07, 6.45) is 0. The lowest BCUT2D eigenvalue weighted by Crippen LogP contribution is -2.54. The summed E-state index contributed by atoms with van der Waals surface area (Å²) in [5.41, 5.74) is 0.884. The Hall–Kier alpha value is 1.79. The Morgan fingerprint density at radius 1 is 0.714 bits per heavy atom. The third-order valence-corrected chi connectivity index (χ3v) is 8.12. The molecule has 120 valence electrons. The monoisotopic (exact) mass is 470 g/mol. The molecule has 0 aliphatic heterocycles. The summed E-state index contributed by atoms with van der Waals surface area (Å²) >= 11 is 53.8. The second-order valence-corrected chi connectivity index (χ2v) is 10.3. The van der Waals surface area contributed by atoms with Crippen LogP contribution in [0.1, 0.15) is 11.1 Å². The van der Waals surface area contributed by atoms with E-state index in [1.807, 2.05) is 0 Å². The standard InChI is InChI=1S/C11H7Cl9O/c12-8(13,7-3-1-6(5-21)2-4-7)9(14,15)10(16,17)11(18,19)20/h1-4,21H,5H2. The van der Waals surface area contributed by atoms with Crippen molar-refractivity contribution >= 4 is 104 Å². The van der Waals surface area contributed by atoms with Crippen LogP contribution in [0, 0.1) is 0 Å². The quantitative estimate of drug-likeness (QED) is 0.493. The normalized spacial score (nSPS) is 14.4. The first kappa shape index (κ1) is 20.8. The maximum atomic E-state index is 9.01. The fourth-order valence-electron chi connectivity index (χ4n) is 1.38. The molecule has 0 spiro atoms. The predicted octanol–water partition coefficient (Wildman–Crippen LogP) is 6.53. The van der Waals surface area contributed by atoms with E-state index in [-0.39, 0.29) is 12.2 Å². The Morgan fingerprint density at radius 3 is 1.48 bits per heavy atom. The molecule has 21 heavy (non-hydrogen) atoms. The number of rotatable bonds is 4. The molecular weight excluding hydrogens is 467 g/mol. The molecule has 0 aliphatic rings. The van der Waals surface area contributed by atoms with Gasteiger partial charge < -0.3 is 5.11 Å². The average molecular weight is 474 g/mol. The van der Waals surface area contributed by atoms with Gasteiger partial charge in [-0.05, 0) is 11.1 Å². The van der Waals surface area contributed by atoms with E-state index in [9.17, 15) is 0 Å². The third-order valence-electron chi connectivity index (χ3n) is 2.64. The molecule has 0 aliphatic carbocycles. The van der Waals surface area contributed by atoms with Gasteiger partial charge in [0.2, 0.25) is 8.13 Å². The fraction of sp³-hybridized carbons (Fsp3) is 0.455. The first-order valence-corrected chi connectivity index (χ1v) is 8.59. The van der Waals surface area contributed by atoms with Crippen molar-refractivity contribution in [1.29, 1.82) is 0 Å². The Bertz CT molecular complexity index is 489. The molecule has 1 nitrogen and oxygen atoms in total. The zero-order valence-electron chi connectivity index (χ0n) is 9.87. The highest BCUT2D eigenvalue weighted by atomic mass is 35.6. The Kier molecular flexibility index (Phi) is 6.90. The van der Waals surface area contributed by atoms with E-state index < -0.39 is 16.8 Å². The van der Waals surface area contributed by atoms with Crippen molar-refractivity contribution in [3.63, 3.8) is 0 Å². The van der Waals surface area contributed by atoms with Gasteiger partial charge in [-0.1, -0.05) is 129 Å². The number of hydrogen-bond acceptors (Lipinski definition) is 1. The second-order valence-electron chi connectivity index (χ2n) is 4.08. The topological polar surface area (TPSA) is 20.2 Å². The molecule has 0 aromatic heterocycles. The van der Waals surface area contributed by atoms with Crippen LogP contribution in [0.15, 0.2) is 24.3 Å². The number of halogens is 9. The first-order valence-electron chi connectivity index (χ1n) is 5.19. The second kappa shape index (κ2) is 6.96. The first-order chi connectivity index (χ1) is 9.29. The van der Waals surface area contributed by atoms with Gasteiger partial charge in [-0.2, -0.15) is 0 Å². The number of aliphatic hydroxyl groups is 1. The molecule has 0 radical (unpaired) electrons. The summed E-state index contributed by atoms with van der Waals surface area (Å²) in [5.74, 6) is 0. The number of aliphatic hydroxyl groups excluding tert-OH is 1. The van der Waals surface area contributed by atoms with Crippen LogP contribution in [0.4, 0.5) is 0 Å². The van der Waals surface area contributed by atoms with Gasteiger partial charge in [0.15, 0.2) is 8.67 Å². The molecule has 1 rings (SSSR count). The van der Waals surface area contributed by atoms with Crippen LogP contribution in [0.2, 0.25) is 0 Å². The summed E-state index contributed by atoms with van der Waals surface area (Å²) in [4.78, 5) is 0. The molecular formula is C11H7Cl9O. The number of alkyl halides is 9. The van der Waals surface area contributed by atoms with E-state index in [1.54, 1.807) is 12.1 Å². The van der Waals surface area contributed by atoms with Gasteiger partial charge in [-0.15, -0.1) is 0 Å². The molecule has 0 heterocycles. The van der Waals surface area contributed by atoms with E-state index >= 15 is 0 Å². The predicted molar refractivity (Wildman–Crippen MR) is 94.9 cm³/mol. The summed E-state index contributed by atoms with van der Waals surface area (Å²) < 4.78 is -8.87.